The summed E-state index contributed by atoms with van der Waals surface area (Å²) in [6, 6.07) is 0.914. The van der Waals surface area contributed by atoms with E-state index in [2.05, 4.69) is 0 Å². The van der Waals surface area contributed by atoms with Crippen LogP contribution in [-0.2, 0) is 0 Å². The molecule has 0 spiro atoms. The predicted molar refractivity (Wildman–Crippen MR) is 46.6 cm³/mol. The number of aromatic hydroxyl groups is 2. The molecule has 0 unspecified atom stereocenters. The van der Waals surface area contributed by atoms with Crippen molar-refractivity contribution in [1.82, 2.24) is 0 Å². The van der Waals surface area contributed by atoms with Crippen LogP contribution in [0.15, 0.2) is 6.07 Å². The number of benzene rings is 1. The molecule has 0 saturated carbocycles. The van der Waals surface area contributed by atoms with Crippen molar-refractivity contribution in [1.29, 1.82) is 0 Å². The number of carbonyl (C=O) groups is 1. The summed E-state index contributed by atoms with van der Waals surface area (Å²) in [6.07, 6.45) is 0.238. The SMILES string of the molecule is Cc1c([N+](=O)[O-])cc(C=O)c(O)c1O. The highest BCUT2D eigenvalue weighted by atomic mass is 16.6. The van der Waals surface area contributed by atoms with Crippen LogP contribution in [0.4, 0.5) is 5.69 Å². The number of nitrogens with zero attached hydrogens (tertiary/aromatic N) is 1. The molecule has 0 atom stereocenters. The third kappa shape index (κ3) is 1.37. The zero-order valence-corrected chi connectivity index (χ0v) is 7.22. The smallest absolute Gasteiger partial charge is 0.277 e. The van der Waals surface area contributed by atoms with Gasteiger partial charge in [-0.1, -0.05) is 0 Å². The Morgan fingerprint density at radius 2 is 2.00 bits per heavy atom. The average molecular weight is 197 g/mol. The molecule has 6 heteroatoms. The molecular formula is C8H7NO5. The van der Waals surface area contributed by atoms with Crippen LogP contribution in [0.3, 0.4) is 0 Å². The Balaban J connectivity index is 3.56. The summed E-state index contributed by atoms with van der Waals surface area (Å²) in [4.78, 5) is 20.1. The maximum Gasteiger partial charge on any atom is 0.277 e. The number of hydrogen-bond acceptors (Lipinski definition) is 5. The zero-order valence-electron chi connectivity index (χ0n) is 7.22. The highest BCUT2D eigenvalue weighted by Crippen LogP contribution is 2.37. The number of nitro benzene ring substituents is 1. The molecule has 0 aliphatic heterocycles. The van der Waals surface area contributed by atoms with Crippen LogP contribution in [0.5, 0.6) is 11.5 Å². The Kier molecular flexibility index (Phi) is 2.37. The van der Waals surface area contributed by atoms with Crippen LogP contribution < -0.4 is 0 Å². The zero-order chi connectivity index (χ0) is 10.9. The third-order valence-electron chi connectivity index (χ3n) is 1.85. The quantitative estimate of drug-likeness (QED) is 0.320. The fraction of sp³-hybridized carbons (Fsp3) is 0.125. The van der Waals surface area contributed by atoms with Crippen LogP contribution in [0.1, 0.15) is 15.9 Å². The second-order valence-corrected chi connectivity index (χ2v) is 2.68. The molecule has 0 aromatic heterocycles. The van der Waals surface area contributed by atoms with Crippen molar-refractivity contribution in [2.45, 2.75) is 6.92 Å². The molecule has 6 nitrogen and oxygen atoms in total. The van der Waals surface area contributed by atoms with Crippen LogP contribution in [0, 0.1) is 17.0 Å². The fourth-order valence-corrected chi connectivity index (χ4v) is 1.04. The summed E-state index contributed by atoms with van der Waals surface area (Å²) in [5, 5.41) is 28.9. The average Bonchev–Trinajstić information content (AvgIpc) is 2.14. The van der Waals surface area contributed by atoms with Crippen molar-refractivity contribution in [3.8, 4) is 11.5 Å². The minimum Gasteiger partial charge on any atom is -0.504 e. The van der Waals surface area contributed by atoms with E-state index in [1.807, 2.05) is 0 Å². The first-order valence-electron chi connectivity index (χ1n) is 3.64. The van der Waals surface area contributed by atoms with Crippen LogP contribution in [-0.4, -0.2) is 21.4 Å². The number of rotatable bonds is 2. The summed E-state index contributed by atoms with van der Waals surface area (Å²) >= 11 is 0. The molecular weight excluding hydrogens is 190 g/mol. The first-order valence-corrected chi connectivity index (χ1v) is 3.64. The van der Waals surface area contributed by atoms with E-state index in [9.17, 15) is 25.1 Å². The van der Waals surface area contributed by atoms with Crippen molar-refractivity contribution < 1.29 is 19.9 Å². The molecule has 0 fully saturated rings. The molecule has 0 saturated heterocycles. The van der Waals surface area contributed by atoms with Gasteiger partial charge in [0.15, 0.2) is 17.8 Å². The standard InChI is InChI=1S/C8H7NO5/c1-4-6(9(13)14)2-5(3-10)8(12)7(4)11/h2-3,11-12H,1H3. The van der Waals surface area contributed by atoms with Crippen LogP contribution >= 0.6 is 0 Å². The Bertz CT molecular complexity index is 413. The van der Waals surface area contributed by atoms with Gasteiger partial charge in [-0.25, -0.2) is 0 Å². The molecule has 1 aromatic carbocycles. The lowest BCUT2D eigenvalue weighted by atomic mass is 10.1. The van der Waals surface area contributed by atoms with E-state index in [0.717, 1.165) is 6.07 Å². The lowest BCUT2D eigenvalue weighted by Crippen LogP contribution is -1.95. The Morgan fingerprint density at radius 3 is 2.43 bits per heavy atom. The highest BCUT2D eigenvalue weighted by Gasteiger charge is 2.20. The first kappa shape index (κ1) is 9.97. The summed E-state index contributed by atoms with van der Waals surface area (Å²) in [7, 11) is 0. The van der Waals surface area contributed by atoms with Gasteiger partial charge in [0.25, 0.3) is 5.69 Å². The van der Waals surface area contributed by atoms with Gasteiger partial charge >= 0.3 is 0 Å². The molecule has 0 aliphatic rings. The van der Waals surface area contributed by atoms with E-state index < -0.39 is 22.1 Å². The van der Waals surface area contributed by atoms with Crippen molar-refractivity contribution in [3.05, 3.63) is 27.3 Å². The van der Waals surface area contributed by atoms with Crippen molar-refractivity contribution in [2.24, 2.45) is 0 Å². The number of aldehydes is 1. The van der Waals surface area contributed by atoms with Crippen molar-refractivity contribution >= 4 is 12.0 Å². The normalized spacial score (nSPS) is 9.79. The Labute approximate surface area is 78.6 Å². The van der Waals surface area contributed by atoms with Crippen LogP contribution in [0.25, 0.3) is 0 Å². The second kappa shape index (κ2) is 3.33. The van der Waals surface area contributed by atoms with Gasteiger partial charge in [0.05, 0.1) is 16.1 Å². The van der Waals surface area contributed by atoms with Crippen LogP contribution in [0.2, 0.25) is 0 Å². The molecule has 1 aromatic rings. The molecule has 14 heavy (non-hydrogen) atoms. The molecule has 74 valence electrons. The third-order valence-corrected chi connectivity index (χ3v) is 1.85. The maximum absolute atomic E-state index is 10.5. The van der Waals surface area contributed by atoms with E-state index >= 15 is 0 Å². The van der Waals surface area contributed by atoms with E-state index in [4.69, 9.17) is 0 Å². The molecule has 1 rings (SSSR count). The number of phenolic OH excluding ortho intramolecular Hbond substituents is 2. The predicted octanol–water partition coefficient (Wildman–Crippen LogP) is 1.13. The number of hydrogen-bond donors (Lipinski definition) is 2. The number of nitro groups is 1. The highest BCUT2D eigenvalue weighted by molar-refractivity contribution is 5.83. The minimum absolute atomic E-state index is 0.0712. The van der Waals surface area contributed by atoms with Gasteiger partial charge in [-0.05, 0) is 6.92 Å². The molecule has 2 N–H and O–H groups in total. The lowest BCUT2D eigenvalue weighted by molar-refractivity contribution is -0.385. The van der Waals surface area contributed by atoms with Crippen molar-refractivity contribution in [2.75, 3.05) is 0 Å². The summed E-state index contributed by atoms with van der Waals surface area (Å²) < 4.78 is 0. The lowest BCUT2D eigenvalue weighted by Gasteiger charge is -2.04. The van der Waals surface area contributed by atoms with Gasteiger partial charge in [0, 0.05) is 6.07 Å². The summed E-state index contributed by atoms with van der Waals surface area (Å²) in [5.41, 5.74) is -0.777. The maximum atomic E-state index is 10.5. The summed E-state index contributed by atoms with van der Waals surface area (Å²) in [5.74, 6) is -1.27. The Morgan fingerprint density at radius 1 is 1.43 bits per heavy atom. The number of phenols is 2. The minimum atomic E-state index is -0.735. The molecule has 0 amide bonds. The second-order valence-electron chi connectivity index (χ2n) is 2.68. The largest absolute Gasteiger partial charge is 0.504 e. The van der Waals surface area contributed by atoms with E-state index in [-0.39, 0.29) is 17.4 Å². The van der Waals surface area contributed by atoms with Gasteiger partial charge in [0.1, 0.15) is 0 Å². The van der Waals surface area contributed by atoms with Gasteiger partial charge in [-0.2, -0.15) is 0 Å². The monoisotopic (exact) mass is 197 g/mol. The molecule has 0 heterocycles. The molecule has 0 radical (unpaired) electrons. The van der Waals surface area contributed by atoms with E-state index in [1.54, 1.807) is 0 Å². The molecule has 0 aliphatic carbocycles. The van der Waals surface area contributed by atoms with Gasteiger partial charge in [-0.3, -0.25) is 14.9 Å². The van der Waals surface area contributed by atoms with Gasteiger partial charge in [0.2, 0.25) is 0 Å². The summed E-state index contributed by atoms with van der Waals surface area (Å²) in [6.45, 7) is 1.28. The number of carbonyl (C=O) groups excluding carboxylic acids is 1. The topological polar surface area (TPSA) is 101 Å². The van der Waals surface area contributed by atoms with E-state index in [1.165, 1.54) is 6.92 Å². The Hall–Kier alpha value is -2.11. The first-order chi connectivity index (χ1) is 6.49. The van der Waals surface area contributed by atoms with E-state index in [0.29, 0.717) is 0 Å². The van der Waals surface area contributed by atoms with Crippen molar-refractivity contribution in [3.63, 3.8) is 0 Å². The van der Waals surface area contributed by atoms with Gasteiger partial charge < -0.3 is 10.2 Å². The fourth-order valence-electron chi connectivity index (χ4n) is 1.04. The molecule has 0 bridgehead atoms. The van der Waals surface area contributed by atoms with Gasteiger partial charge in [-0.15, -0.1) is 0 Å².